The van der Waals surface area contributed by atoms with Crippen LogP contribution in [0.5, 0.6) is 11.6 Å². The second kappa shape index (κ2) is 4.71. The number of halogens is 1. The largest absolute Gasteiger partial charge is 0.478 e. The molecule has 0 aliphatic rings. The highest BCUT2D eigenvalue weighted by molar-refractivity contribution is 5.88. The molecule has 0 aliphatic carbocycles. The maximum atomic E-state index is 13.5. The zero-order valence-electron chi connectivity index (χ0n) is 10.3. The Morgan fingerprint density at radius 3 is 2.90 bits per heavy atom. The number of fused-ring (bicyclic) bond motifs is 1. The number of nitrogens with zero attached hydrogens (tertiary/aromatic N) is 3. The van der Waals surface area contributed by atoms with E-state index in [0.717, 1.165) is 12.1 Å². The molecule has 3 aromatic rings. The number of nitrogens with one attached hydrogen (secondary N) is 1. The minimum atomic E-state index is -1.37. The van der Waals surface area contributed by atoms with Crippen molar-refractivity contribution in [2.24, 2.45) is 0 Å². The molecule has 2 N–H and O–H groups in total. The molecular weight excluding hydrogens is 283 g/mol. The zero-order chi connectivity index (χ0) is 15.0. The smallest absolute Gasteiger partial charge is 0.348 e. The van der Waals surface area contributed by atoms with Crippen LogP contribution in [-0.2, 0) is 0 Å². The quantitative estimate of drug-likeness (QED) is 0.746. The van der Waals surface area contributed by atoms with Crippen molar-refractivity contribution in [2.45, 2.75) is 0 Å². The van der Waals surface area contributed by atoms with E-state index >= 15 is 0 Å². The second-order valence-corrected chi connectivity index (χ2v) is 4.03. The fraction of sp³-hybridized carbons (Fsp3) is 0. The molecule has 21 heavy (non-hydrogen) atoms. The molecule has 9 heteroatoms. The van der Waals surface area contributed by atoms with Gasteiger partial charge >= 0.3 is 11.7 Å². The third-order valence-corrected chi connectivity index (χ3v) is 2.68. The first-order valence-electron chi connectivity index (χ1n) is 5.68. The van der Waals surface area contributed by atoms with Gasteiger partial charge in [-0.2, -0.15) is 5.10 Å². The number of carboxylic acid groups (broad SMARTS) is 1. The Kier molecular flexibility index (Phi) is 2.87. The SMILES string of the molecule is O=C(O)c1ccc(Oc2cc3n[nH]c(=O)n3cn2)cc1F. The Hall–Kier alpha value is -3.23. The molecule has 0 saturated heterocycles. The first kappa shape index (κ1) is 12.8. The lowest BCUT2D eigenvalue weighted by Crippen LogP contribution is -2.09. The molecule has 0 bridgehead atoms. The highest BCUT2D eigenvalue weighted by Gasteiger charge is 2.12. The number of benzene rings is 1. The number of carbonyl (C=O) groups is 1. The molecule has 3 rings (SSSR count). The number of rotatable bonds is 3. The van der Waals surface area contributed by atoms with Crippen molar-refractivity contribution >= 4 is 11.6 Å². The van der Waals surface area contributed by atoms with E-state index in [1.54, 1.807) is 0 Å². The van der Waals surface area contributed by atoms with Gasteiger partial charge in [-0.15, -0.1) is 0 Å². The first-order chi connectivity index (χ1) is 10.0. The minimum Gasteiger partial charge on any atom is -0.478 e. The third-order valence-electron chi connectivity index (χ3n) is 2.68. The van der Waals surface area contributed by atoms with Gasteiger partial charge in [-0.1, -0.05) is 0 Å². The van der Waals surface area contributed by atoms with Crippen LogP contribution in [0.25, 0.3) is 5.65 Å². The molecular formula is C12H7FN4O4. The number of hydrogen-bond donors (Lipinski definition) is 2. The van der Waals surface area contributed by atoms with Crippen LogP contribution in [0.1, 0.15) is 10.4 Å². The first-order valence-corrected chi connectivity index (χ1v) is 5.68. The predicted molar refractivity (Wildman–Crippen MR) is 67.0 cm³/mol. The van der Waals surface area contributed by atoms with Crippen molar-refractivity contribution in [3.05, 3.63) is 52.5 Å². The number of H-pyrrole nitrogens is 1. The predicted octanol–water partition coefficient (Wildman–Crippen LogP) is 1.05. The van der Waals surface area contributed by atoms with Gasteiger partial charge < -0.3 is 9.84 Å². The van der Waals surface area contributed by atoms with E-state index in [4.69, 9.17) is 9.84 Å². The van der Waals surface area contributed by atoms with Gasteiger partial charge in [0, 0.05) is 12.1 Å². The molecule has 0 atom stereocenters. The lowest BCUT2D eigenvalue weighted by molar-refractivity contribution is 0.0692. The number of aromatic carboxylic acids is 1. The van der Waals surface area contributed by atoms with Gasteiger partial charge in [0.05, 0.1) is 5.56 Å². The van der Waals surface area contributed by atoms with Crippen LogP contribution in [0.4, 0.5) is 4.39 Å². The minimum absolute atomic E-state index is 0.0761. The average molecular weight is 290 g/mol. The molecule has 0 spiro atoms. The van der Waals surface area contributed by atoms with Crippen LogP contribution in [0.15, 0.2) is 35.4 Å². The van der Waals surface area contributed by atoms with Gasteiger partial charge in [-0.25, -0.2) is 28.5 Å². The van der Waals surface area contributed by atoms with E-state index in [9.17, 15) is 14.0 Å². The van der Waals surface area contributed by atoms with Gasteiger partial charge in [-0.05, 0) is 12.1 Å². The van der Waals surface area contributed by atoms with E-state index in [-0.39, 0.29) is 17.3 Å². The van der Waals surface area contributed by atoms with Crippen molar-refractivity contribution in [3.63, 3.8) is 0 Å². The fourth-order valence-corrected chi connectivity index (χ4v) is 1.70. The molecule has 0 aliphatic heterocycles. The Morgan fingerprint density at radius 1 is 1.38 bits per heavy atom. The second-order valence-electron chi connectivity index (χ2n) is 4.03. The van der Waals surface area contributed by atoms with Crippen LogP contribution in [0.2, 0.25) is 0 Å². The molecule has 2 heterocycles. The summed E-state index contributed by atoms with van der Waals surface area (Å²) in [5.74, 6) is -2.12. The normalized spacial score (nSPS) is 10.7. The van der Waals surface area contributed by atoms with Crippen LogP contribution < -0.4 is 10.4 Å². The van der Waals surface area contributed by atoms with E-state index in [0.29, 0.717) is 0 Å². The lowest BCUT2D eigenvalue weighted by atomic mass is 10.2. The van der Waals surface area contributed by atoms with Gasteiger partial charge in [-0.3, -0.25) is 0 Å². The zero-order valence-corrected chi connectivity index (χ0v) is 10.3. The third kappa shape index (κ3) is 2.31. The number of aromatic amines is 1. The van der Waals surface area contributed by atoms with E-state index in [2.05, 4.69) is 15.2 Å². The maximum Gasteiger partial charge on any atom is 0.348 e. The summed E-state index contributed by atoms with van der Waals surface area (Å²) in [5, 5.41) is 14.7. The van der Waals surface area contributed by atoms with Crippen LogP contribution in [-0.4, -0.2) is 30.7 Å². The van der Waals surface area contributed by atoms with Gasteiger partial charge in [0.2, 0.25) is 5.88 Å². The standard InChI is InChI=1S/C12H7FN4O4/c13-8-3-6(1-2-7(8)11(18)19)21-10-4-9-15-16-12(20)17(9)5-14-10/h1-5H,(H,16,20)(H,18,19). The lowest BCUT2D eigenvalue weighted by Gasteiger charge is -2.05. The molecule has 1 aromatic carbocycles. The Morgan fingerprint density at radius 2 is 2.19 bits per heavy atom. The average Bonchev–Trinajstić information content (AvgIpc) is 2.80. The van der Waals surface area contributed by atoms with Crippen LogP contribution in [0, 0.1) is 5.82 Å². The molecule has 0 radical (unpaired) electrons. The molecule has 0 saturated carbocycles. The summed E-state index contributed by atoms with van der Waals surface area (Å²) in [4.78, 5) is 25.8. The Balaban J connectivity index is 1.92. The molecule has 0 unspecified atom stereocenters. The van der Waals surface area contributed by atoms with Gasteiger partial charge in [0.15, 0.2) is 5.65 Å². The van der Waals surface area contributed by atoms with Crippen molar-refractivity contribution in [2.75, 3.05) is 0 Å². The molecule has 0 amide bonds. The summed E-state index contributed by atoms with van der Waals surface area (Å²) in [6.07, 6.45) is 1.21. The summed E-state index contributed by atoms with van der Waals surface area (Å²) in [6.45, 7) is 0. The topological polar surface area (TPSA) is 110 Å². The highest BCUT2D eigenvalue weighted by atomic mass is 19.1. The van der Waals surface area contributed by atoms with E-state index < -0.39 is 23.0 Å². The Bertz CT molecular complexity index is 902. The van der Waals surface area contributed by atoms with E-state index in [1.165, 1.54) is 22.9 Å². The van der Waals surface area contributed by atoms with Crippen molar-refractivity contribution in [1.82, 2.24) is 19.6 Å². The summed E-state index contributed by atoms with van der Waals surface area (Å²) in [6, 6.07) is 4.70. The van der Waals surface area contributed by atoms with Crippen molar-refractivity contribution < 1.29 is 19.0 Å². The summed E-state index contributed by atoms with van der Waals surface area (Å²) < 4.78 is 20.0. The monoisotopic (exact) mass is 290 g/mol. The number of aromatic nitrogens is 4. The van der Waals surface area contributed by atoms with Crippen molar-refractivity contribution in [1.29, 1.82) is 0 Å². The number of ether oxygens (including phenoxy) is 1. The highest BCUT2D eigenvalue weighted by Crippen LogP contribution is 2.22. The van der Waals surface area contributed by atoms with Crippen LogP contribution in [0.3, 0.4) is 0 Å². The number of hydrogen-bond acceptors (Lipinski definition) is 5. The van der Waals surface area contributed by atoms with Gasteiger partial charge in [0.25, 0.3) is 0 Å². The summed E-state index contributed by atoms with van der Waals surface area (Å²) >= 11 is 0. The number of carboxylic acids is 1. The van der Waals surface area contributed by atoms with Crippen molar-refractivity contribution in [3.8, 4) is 11.6 Å². The fourth-order valence-electron chi connectivity index (χ4n) is 1.70. The van der Waals surface area contributed by atoms with Gasteiger partial charge in [0.1, 0.15) is 17.9 Å². The maximum absolute atomic E-state index is 13.5. The van der Waals surface area contributed by atoms with E-state index in [1.807, 2.05) is 0 Å². The molecule has 0 fully saturated rings. The molecule has 2 aromatic heterocycles. The Labute approximate surface area is 115 Å². The summed E-state index contributed by atoms with van der Waals surface area (Å²) in [5.41, 5.74) is -0.613. The van der Waals surface area contributed by atoms with Crippen LogP contribution >= 0.6 is 0 Å². The summed E-state index contributed by atoms with van der Waals surface area (Å²) in [7, 11) is 0. The molecule has 106 valence electrons. The molecule has 8 nitrogen and oxygen atoms in total.